The summed E-state index contributed by atoms with van der Waals surface area (Å²) < 4.78 is 4.13. The summed E-state index contributed by atoms with van der Waals surface area (Å²) in [6.45, 7) is 11.2. The van der Waals surface area contributed by atoms with Crippen molar-refractivity contribution in [3.63, 3.8) is 0 Å². The van der Waals surface area contributed by atoms with Gasteiger partial charge in [-0.25, -0.2) is 19.3 Å². The van der Waals surface area contributed by atoms with E-state index in [2.05, 4.69) is 31.2 Å². The number of rotatable bonds is 9. The van der Waals surface area contributed by atoms with Crippen LogP contribution in [-0.2, 0) is 22.4 Å². The van der Waals surface area contributed by atoms with Crippen molar-refractivity contribution >= 4 is 23.6 Å². The maximum atomic E-state index is 14.2. The Hall–Kier alpha value is -5.94. The highest BCUT2D eigenvalue weighted by atomic mass is 16.5. The first-order valence-corrected chi connectivity index (χ1v) is 20.9. The highest BCUT2D eigenvalue weighted by Crippen LogP contribution is 2.51. The Labute approximate surface area is 348 Å². The van der Waals surface area contributed by atoms with Crippen molar-refractivity contribution in [2.75, 3.05) is 14.1 Å². The third-order valence-corrected chi connectivity index (χ3v) is 13.0. The number of nitrogens with zero attached hydrogens (tertiary/aromatic N) is 8. The molecule has 0 unspecified atom stereocenters. The van der Waals surface area contributed by atoms with Crippen LogP contribution in [0, 0.1) is 33.1 Å². The molecule has 2 fully saturated rings. The molecule has 2 saturated carbocycles. The van der Waals surface area contributed by atoms with Gasteiger partial charge >= 0.3 is 11.4 Å². The van der Waals surface area contributed by atoms with Gasteiger partial charge in [0.1, 0.15) is 12.1 Å². The number of nitrogens with one attached hydrogen (secondary N) is 4. The van der Waals surface area contributed by atoms with Gasteiger partial charge in [0.2, 0.25) is 23.5 Å². The monoisotopic (exact) mass is 822 g/mol. The van der Waals surface area contributed by atoms with Crippen molar-refractivity contribution in [1.29, 1.82) is 0 Å². The van der Waals surface area contributed by atoms with E-state index in [0.717, 1.165) is 61.0 Å². The summed E-state index contributed by atoms with van der Waals surface area (Å²) in [7, 11) is 3.04. The Morgan fingerprint density at radius 1 is 0.667 bits per heavy atom. The minimum atomic E-state index is -0.867. The average Bonchev–Trinajstić information content (AvgIpc) is 4.04. The maximum Gasteiger partial charge on any atom is 0.339 e. The van der Waals surface area contributed by atoms with Gasteiger partial charge in [-0.15, -0.1) is 0 Å². The minimum absolute atomic E-state index is 0.0204. The molecule has 18 nitrogen and oxygen atoms in total. The van der Waals surface area contributed by atoms with Crippen LogP contribution >= 0.6 is 0 Å². The van der Waals surface area contributed by atoms with Gasteiger partial charge in [-0.2, -0.15) is 19.7 Å². The van der Waals surface area contributed by atoms with Crippen LogP contribution < -0.4 is 30.7 Å². The molecule has 4 heterocycles. The molecule has 18 heteroatoms. The topological polar surface area (TPSA) is 232 Å². The number of carbonyl (C=O) groups excluding carboxylic acids is 4. The molecule has 60 heavy (non-hydrogen) atoms. The maximum absolute atomic E-state index is 14.2. The highest BCUT2D eigenvalue weighted by molar-refractivity contribution is 5.99. The summed E-state index contributed by atoms with van der Waals surface area (Å²) in [5, 5.41) is 49.3. The second kappa shape index (κ2) is 15.0. The predicted octanol–water partition coefficient (Wildman–Crippen LogP) is 2.44. The molecule has 0 saturated heterocycles. The number of amides is 4. The average molecular weight is 823 g/mol. The summed E-state index contributed by atoms with van der Waals surface area (Å²) in [4.78, 5) is 63.7. The summed E-state index contributed by atoms with van der Waals surface area (Å²) in [6.07, 6.45) is 11.8. The molecule has 318 valence electrons. The SMILES string of the molecule is CNC(=O)[C@@H](NC(=O)c1nn(-c2ncc[n+]([O-])c2-c2c(-n3nc(C(=O)N[C@H](C(=O)NC)C(C)(C)C)c4c3[C@H]3CCC[C@H]3C4)ncc[n+]2[O-])c2c1C[C@@H]1CCC[C@H]21)C(C)(C)C. The van der Waals surface area contributed by atoms with Crippen molar-refractivity contribution in [2.45, 2.75) is 117 Å². The van der Waals surface area contributed by atoms with Crippen molar-refractivity contribution in [1.82, 2.24) is 50.8 Å². The zero-order valence-corrected chi connectivity index (χ0v) is 35.5. The lowest BCUT2D eigenvalue weighted by Crippen LogP contribution is -2.53. The van der Waals surface area contributed by atoms with Gasteiger partial charge in [0.05, 0.1) is 23.8 Å². The molecule has 6 atom stereocenters. The van der Waals surface area contributed by atoms with Crippen LogP contribution in [-0.4, -0.2) is 79.3 Å². The zero-order valence-electron chi connectivity index (χ0n) is 35.5. The van der Waals surface area contributed by atoms with E-state index < -0.39 is 34.7 Å². The van der Waals surface area contributed by atoms with Crippen molar-refractivity contribution in [3.8, 4) is 23.0 Å². The zero-order chi connectivity index (χ0) is 43.0. The molecule has 4 amide bonds. The van der Waals surface area contributed by atoms with Crippen LogP contribution in [0.25, 0.3) is 23.0 Å². The fraction of sp³-hybridized carbons (Fsp3) is 0.571. The summed E-state index contributed by atoms with van der Waals surface area (Å²) in [5.41, 5.74) is 1.61. The molecule has 4 aromatic heterocycles. The molecule has 0 aromatic carbocycles. The molecule has 8 rings (SSSR count). The molecular weight excluding hydrogens is 769 g/mol. The number of aromatic nitrogens is 8. The highest BCUT2D eigenvalue weighted by Gasteiger charge is 2.48. The molecule has 4 aliphatic carbocycles. The first kappa shape index (κ1) is 40.8. The van der Waals surface area contributed by atoms with E-state index in [1.54, 1.807) is 0 Å². The molecular formula is C42H54N12O6. The van der Waals surface area contributed by atoms with Gasteiger partial charge in [-0.3, -0.25) is 19.2 Å². The third-order valence-electron chi connectivity index (χ3n) is 13.0. The molecule has 4 aromatic rings. The van der Waals surface area contributed by atoms with Gasteiger partial charge < -0.3 is 31.7 Å². The first-order valence-electron chi connectivity index (χ1n) is 20.9. The van der Waals surface area contributed by atoms with Crippen LogP contribution in [0.5, 0.6) is 0 Å². The molecule has 0 spiro atoms. The van der Waals surface area contributed by atoms with E-state index in [1.165, 1.54) is 48.2 Å². The van der Waals surface area contributed by atoms with Crippen molar-refractivity contribution in [3.05, 3.63) is 69.1 Å². The number of likely N-dealkylation sites (N-methyl/N-ethyl adjacent to an activating group) is 2. The van der Waals surface area contributed by atoms with E-state index in [9.17, 15) is 29.6 Å². The quantitative estimate of drug-likeness (QED) is 0.142. The second-order valence-corrected chi connectivity index (χ2v) is 18.9. The Balaban J connectivity index is 1.29. The molecule has 0 bridgehead atoms. The Kier molecular flexibility index (Phi) is 10.2. The third kappa shape index (κ3) is 6.73. The van der Waals surface area contributed by atoms with Gasteiger partial charge in [0.25, 0.3) is 11.8 Å². The van der Waals surface area contributed by atoms with Crippen molar-refractivity contribution < 1.29 is 28.6 Å². The normalized spacial score (nSPS) is 21.4. The summed E-state index contributed by atoms with van der Waals surface area (Å²) >= 11 is 0. The Morgan fingerprint density at radius 2 is 1.05 bits per heavy atom. The van der Waals surface area contributed by atoms with Gasteiger partial charge in [-0.05, 0) is 61.2 Å². The van der Waals surface area contributed by atoms with E-state index in [1.807, 2.05) is 41.5 Å². The van der Waals surface area contributed by atoms with E-state index in [0.29, 0.717) is 22.3 Å². The Bertz CT molecular complexity index is 2240. The van der Waals surface area contributed by atoms with Crippen LogP contribution in [0.4, 0.5) is 0 Å². The smallest absolute Gasteiger partial charge is 0.339 e. The predicted molar refractivity (Wildman–Crippen MR) is 217 cm³/mol. The second-order valence-electron chi connectivity index (χ2n) is 18.9. The minimum Gasteiger partial charge on any atom is -0.618 e. The summed E-state index contributed by atoms with van der Waals surface area (Å²) in [6, 6.07) is -1.73. The van der Waals surface area contributed by atoms with Crippen LogP contribution in [0.1, 0.15) is 135 Å². The molecule has 4 N–H and O–H groups in total. The van der Waals surface area contributed by atoms with Crippen LogP contribution in [0.3, 0.4) is 0 Å². The number of hydrogen-bond acceptors (Lipinski definition) is 10. The summed E-state index contributed by atoms with van der Waals surface area (Å²) in [5.74, 6) is -1.17. The molecule has 4 aliphatic rings. The van der Waals surface area contributed by atoms with E-state index in [-0.39, 0.29) is 69.9 Å². The van der Waals surface area contributed by atoms with Crippen LogP contribution in [0.2, 0.25) is 0 Å². The van der Waals surface area contributed by atoms with Gasteiger partial charge in [-0.1, -0.05) is 54.4 Å². The number of fused-ring (bicyclic) bond motifs is 6. The first-order chi connectivity index (χ1) is 28.4. The number of carbonyl (C=O) groups is 4. The lowest BCUT2D eigenvalue weighted by Gasteiger charge is -2.29. The van der Waals surface area contributed by atoms with E-state index >= 15 is 0 Å². The van der Waals surface area contributed by atoms with Gasteiger partial charge in [0, 0.05) is 37.1 Å². The molecule has 0 radical (unpaired) electrons. The van der Waals surface area contributed by atoms with Gasteiger partial charge in [0.15, 0.2) is 23.8 Å². The Morgan fingerprint density at radius 3 is 1.40 bits per heavy atom. The van der Waals surface area contributed by atoms with E-state index in [4.69, 9.17) is 10.2 Å². The number of hydrogen-bond donors (Lipinski definition) is 4. The molecule has 0 aliphatic heterocycles. The lowest BCUT2D eigenvalue weighted by atomic mass is 9.86. The fourth-order valence-corrected chi connectivity index (χ4v) is 10.2. The van der Waals surface area contributed by atoms with Crippen molar-refractivity contribution in [2.24, 2.45) is 22.7 Å². The lowest BCUT2D eigenvalue weighted by molar-refractivity contribution is -0.625. The largest absolute Gasteiger partial charge is 0.618 e. The standard InChI is InChI=1S/C42H54N12O6/c1-41(2,3)33(39(57)43-7)47-37(55)27-25-19-21-11-9-13-23(21)29(25)53(49-27)35-31(51(59)17-15-45-35)32-36(46-16-18-52(32)60)54-30-24-14-10-12-22(24)20-26(30)28(50-54)38(56)48-34(40(58)44-8)42(4,5)6/h15-18,21-24,33-34H,9-14,19-20H2,1-8H3,(H,43,57)(H,44,58)(H,47,55)(H,48,56)/t21-,22-,23-,24-,33+,34+/m0/s1. The fourth-order valence-electron chi connectivity index (χ4n) is 10.2. The van der Waals surface area contributed by atoms with Crippen LogP contribution in [0.15, 0.2) is 24.8 Å².